The Kier molecular flexibility index (Phi) is 4.28. The minimum absolute atomic E-state index is 0.0869. The van der Waals surface area contributed by atoms with E-state index in [9.17, 15) is 14.4 Å². The quantitative estimate of drug-likeness (QED) is 0.472. The second-order valence-electron chi connectivity index (χ2n) is 6.01. The van der Waals surface area contributed by atoms with Gasteiger partial charge in [-0.05, 0) is 30.0 Å². The highest BCUT2D eigenvalue weighted by atomic mass is 32.1. The molecule has 2 aromatic rings. The highest BCUT2D eigenvalue weighted by molar-refractivity contribution is 7.08. The van der Waals surface area contributed by atoms with E-state index < -0.39 is 23.6 Å². The molecule has 0 spiro atoms. The minimum Gasteiger partial charge on any atom is -0.422 e. The second-order valence-corrected chi connectivity index (χ2v) is 6.79. The maximum Gasteiger partial charge on any atom is 0.323 e. The van der Waals surface area contributed by atoms with E-state index in [-0.39, 0.29) is 12.2 Å². The van der Waals surface area contributed by atoms with Gasteiger partial charge in [-0.2, -0.15) is 11.3 Å². The van der Waals surface area contributed by atoms with Crippen LogP contribution >= 0.6 is 11.3 Å². The molecule has 0 bridgehead atoms. The van der Waals surface area contributed by atoms with Gasteiger partial charge in [0.25, 0.3) is 5.79 Å². The molecule has 0 aliphatic carbocycles. The molecule has 1 fully saturated rings. The molecular weight excluding hydrogens is 330 g/mol. The van der Waals surface area contributed by atoms with E-state index in [1.807, 2.05) is 5.38 Å². The molecule has 3 heterocycles. The second kappa shape index (κ2) is 6.24. The zero-order valence-corrected chi connectivity index (χ0v) is 14.2. The van der Waals surface area contributed by atoms with Crippen molar-refractivity contribution < 1.29 is 23.9 Å². The molecule has 7 heteroatoms. The van der Waals surface area contributed by atoms with Crippen LogP contribution in [0.4, 0.5) is 0 Å². The lowest BCUT2D eigenvalue weighted by Gasteiger charge is -2.32. The summed E-state index contributed by atoms with van der Waals surface area (Å²) >= 11 is 1.46. The molecule has 6 nitrogen and oxygen atoms in total. The van der Waals surface area contributed by atoms with E-state index in [2.05, 4.69) is 0 Å². The Morgan fingerprint density at radius 3 is 2.58 bits per heavy atom. The van der Waals surface area contributed by atoms with Gasteiger partial charge < -0.3 is 14.0 Å². The maximum atomic E-state index is 12.5. The van der Waals surface area contributed by atoms with E-state index in [1.165, 1.54) is 25.2 Å². The number of esters is 2. The van der Waals surface area contributed by atoms with Gasteiger partial charge in [-0.1, -0.05) is 0 Å². The molecule has 24 heavy (non-hydrogen) atoms. The van der Waals surface area contributed by atoms with Gasteiger partial charge in [-0.25, -0.2) is 0 Å². The first-order chi connectivity index (χ1) is 11.4. The van der Waals surface area contributed by atoms with Crippen molar-refractivity contribution in [2.24, 2.45) is 5.92 Å². The largest absolute Gasteiger partial charge is 0.422 e. The van der Waals surface area contributed by atoms with E-state index in [0.717, 1.165) is 0 Å². The molecular formula is C17H17NO5S. The van der Waals surface area contributed by atoms with Gasteiger partial charge in [-0.3, -0.25) is 14.4 Å². The molecule has 0 radical (unpaired) electrons. The lowest BCUT2D eigenvalue weighted by molar-refractivity contribution is -0.240. The number of hydrogen-bond donors (Lipinski definition) is 0. The summed E-state index contributed by atoms with van der Waals surface area (Å²) in [6, 6.07) is 5.25. The van der Waals surface area contributed by atoms with Crippen LogP contribution in [0.1, 0.15) is 36.3 Å². The zero-order chi connectivity index (χ0) is 17.3. The molecule has 0 saturated carbocycles. The van der Waals surface area contributed by atoms with Gasteiger partial charge in [0.2, 0.25) is 5.78 Å². The summed E-state index contributed by atoms with van der Waals surface area (Å²) in [5.74, 6) is -3.46. The van der Waals surface area contributed by atoms with Crippen LogP contribution in [-0.2, 0) is 25.6 Å². The summed E-state index contributed by atoms with van der Waals surface area (Å²) in [6.07, 6.45) is 1.97. The monoisotopic (exact) mass is 347 g/mol. The summed E-state index contributed by atoms with van der Waals surface area (Å²) in [4.78, 5) is 36.4. The topological polar surface area (TPSA) is 74.6 Å². The predicted octanol–water partition coefficient (Wildman–Crippen LogP) is 2.62. The number of cyclic esters (lactones) is 2. The summed E-state index contributed by atoms with van der Waals surface area (Å²) in [5.41, 5.74) is 1.14. The average molecular weight is 347 g/mol. The van der Waals surface area contributed by atoms with Crippen LogP contribution in [-0.4, -0.2) is 28.1 Å². The van der Waals surface area contributed by atoms with Crippen molar-refractivity contribution in [1.29, 1.82) is 0 Å². The number of ketones is 1. The van der Waals surface area contributed by atoms with Crippen LogP contribution in [0.5, 0.6) is 0 Å². The van der Waals surface area contributed by atoms with Crippen LogP contribution in [0.3, 0.4) is 0 Å². The molecule has 126 valence electrons. The average Bonchev–Trinajstić information content (AvgIpc) is 3.16. The van der Waals surface area contributed by atoms with Crippen LogP contribution in [0.2, 0.25) is 0 Å². The van der Waals surface area contributed by atoms with E-state index in [0.29, 0.717) is 17.8 Å². The van der Waals surface area contributed by atoms with Crippen molar-refractivity contribution in [3.8, 4) is 0 Å². The number of thiophene rings is 1. The number of carbonyl (C=O) groups is 3. The Morgan fingerprint density at radius 1 is 1.25 bits per heavy atom. The Balaban J connectivity index is 1.70. The third-order valence-electron chi connectivity index (χ3n) is 3.77. The fraction of sp³-hybridized carbons (Fsp3) is 0.353. The number of nitrogens with zero attached hydrogens (tertiary/aromatic N) is 1. The Labute approximate surface area is 143 Å². The van der Waals surface area contributed by atoms with E-state index >= 15 is 0 Å². The first kappa shape index (κ1) is 16.4. The normalized spacial score (nSPS) is 17.4. The molecule has 3 rings (SSSR count). The van der Waals surface area contributed by atoms with Crippen molar-refractivity contribution in [3.63, 3.8) is 0 Å². The van der Waals surface area contributed by atoms with Crippen molar-refractivity contribution in [2.45, 2.75) is 32.6 Å². The first-order valence-electron chi connectivity index (χ1n) is 7.55. The zero-order valence-electron chi connectivity index (χ0n) is 13.4. The van der Waals surface area contributed by atoms with Crippen molar-refractivity contribution in [3.05, 3.63) is 46.4 Å². The molecule has 2 aromatic heterocycles. The van der Waals surface area contributed by atoms with Crippen LogP contribution in [0.25, 0.3) is 0 Å². The number of rotatable bonds is 5. The molecule has 0 atom stereocenters. The fourth-order valence-corrected chi connectivity index (χ4v) is 3.24. The molecule has 0 unspecified atom stereocenters. The molecule has 1 aliphatic rings. The Bertz CT molecular complexity index is 755. The van der Waals surface area contributed by atoms with Gasteiger partial charge in [0.15, 0.2) is 5.92 Å². The molecule has 0 N–H and O–H groups in total. The number of aromatic nitrogens is 1. The number of hydrogen-bond acceptors (Lipinski definition) is 6. The lowest BCUT2D eigenvalue weighted by Crippen LogP contribution is -2.46. The molecule has 0 aromatic carbocycles. The van der Waals surface area contributed by atoms with Crippen molar-refractivity contribution >= 4 is 29.1 Å². The van der Waals surface area contributed by atoms with Gasteiger partial charge in [0.05, 0.1) is 5.69 Å². The summed E-state index contributed by atoms with van der Waals surface area (Å²) < 4.78 is 11.9. The SMILES string of the molecule is CC1(C)OC(=O)C(CCn2cccc2C(=O)c2ccsc2)C(=O)O1. The molecule has 1 aliphatic heterocycles. The van der Waals surface area contributed by atoms with E-state index in [4.69, 9.17) is 9.47 Å². The van der Waals surface area contributed by atoms with Crippen LogP contribution in [0, 0.1) is 5.92 Å². The Hall–Kier alpha value is -2.41. The van der Waals surface area contributed by atoms with Crippen LogP contribution < -0.4 is 0 Å². The smallest absolute Gasteiger partial charge is 0.323 e. The highest BCUT2D eigenvalue weighted by Gasteiger charge is 2.42. The number of carbonyl (C=O) groups excluding carboxylic acids is 3. The summed E-state index contributed by atoms with van der Waals surface area (Å²) in [7, 11) is 0. The van der Waals surface area contributed by atoms with Gasteiger partial charge >= 0.3 is 11.9 Å². The summed E-state index contributed by atoms with van der Waals surface area (Å²) in [5, 5.41) is 3.63. The minimum atomic E-state index is -1.22. The van der Waals surface area contributed by atoms with Crippen molar-refractivity contribution in [1.82, 2.24) is 4.57 Å². The first-order valence-corrected chi connectivity index (χ1v) is 8.49. The third-order valence-corrected chi connectivity index (χ3v) is 4.45. The Morgan fingerprint density at radius 2 is 1.96 bits per heavy atom. The van der Waals surface area contributed by atoms with E-state index in [1.54, 1.807) is 34.3 Å². The van der Waals surface area contributed by atoms with Crippen molar-refractivity contribution in [2.75, 3.05) is 0 Å². The van der Waals surface area contributed by atoms with Gasteiger partial charge in [0, 0.05) is 37.5 Å². The third kappa shape index (κ3) is 3.26. The molecule has 0 amide bonds. The summed E-state index contributed by atoms with van der Waals surface area (Å²) in [6.45, 7) is 3.37. The fourth-order valence-electron chi connectivity index (χ4n) is 2.60. The van der Waals surface area contributed by atoms with Crippen LogP contribution in [0.15, 0.2) is 35.2 Å². The standard InChI is InChI=1S/C17H17NO5S/c1-17(2)22-15(20)12(16(21)23-17)5-8-18-7-3-4-13(18)14(19)11-6-9-24-10-11/h3-4,6-7,9-10,12H,5,8H2,1-2H3. The number of aryl methyl sites for hydroxylation is 1. The highest BCUT2D eigenvalue weighted by Crippen LogP contribution is 2.25. The number of ether oxygens (including phenoxy) is 2. The molecule has 1 saturated heterocycles. The maximum absolute atomic E-state index is 12.5. The predicted molar refractivity (Wildman–Crippen MR) is 86.6 cm³/mol. The van der Waals surface area contributed by atoms with Gasteiger partial charge in [-0.15, -0.1) is 0 Å². The van der Waals surface area contributed by atoms with Gasteiger partial charge in [0.1, 0.15) is 0 Å². The lowest BCUT2D eigenvalue weighted by atomic mass is 10.0.